The number of carbonyl (C=O) groups is 5. The van der Waals surface area contributed by atoms with Gasteiger partial charge in [-0.1, -0.05) is 49.1 Å². The Morgan fingerprint density at radius 2 is 1.36 bits per heavy atom. The first kappa shape index (κ1) is 34.5. The van der Waals surface area contributed by atoms with Gasteiger partial charge < -0.3 is 28.6 Å². The third-order valence-electron chi connectivity index (χ3n) is 7.67. The summed E-state index contributed by atoms with van der Waals surface area (Å²) in [7, 11) is 4.70. The van der Waals surface area contributed by atoms with E-state index in [1.807, 2.05) is 34.6 Å². The molecule has 3 heterocycles. The lowest BCUT2D eigenvalue weighted by molar-refractivity contribution is -0.138. The Balaban J connectivity index is 2.19. The second kappa shape index (κ2) is 13.2. The lowest BCUT2D eigenvalue weighted by atomic mass is 9.82. The van der Waals surface area contributed by atoms with Crippen molar-refractivity contribution in [1.29, 1.82) is 0 Å². The van der Waals surface area contributed by atoms with Gasteiger partial charge in [0.1, 0.15) is 24.5 Å². The van der Waals surface area contributed by atoms with Crippen LogP contribution in [0.25, 0.3) is 5.57 Å². The molecule has 3 aliphatic heterocycles. The Labute approximate surface area is 274 Å². The highest BCUT2D eigenvalue weighted by Gasteiger charge is 2.62. The van der Waals surface area contributed by atoms with Crippen molar-refractivity contribution in [2.45, 2.75) is 50.7 Å². The van der Waals surface area contributed by atoms with Gasteiger partial charge in [-0.3, -0.25) is 4.79 Å². The van der Waals surface area contributed by atoms with Gasteiger partial charge in [0.2, 0.25) is 5.91 Å². The average molecular weight is 678 g/mol. The lowest BCUT2D eigenvalue weighted by Crippen LogP contribution is -2.55. The predicted molar refractivity (Wildman–Crippen MR) is 173 cm³/mol. The van der Waals surface area contributed by atoms with E-state index in [4.69, 9.17) is 23.7 Å². The molecule has 0 bridgehead atoms. The number of esters is 4. The van der Waals surface area contributed by atoms with Crippen LogP contribution in [0.1, 0.15) is 46.6 Å². The van der Waals surface area contributed by atoms with Crippen molar-refractivity contribution in [2.75, 3.05) is 39.9 Å². The second-order valence-electron chi connectivity index (χ2n) is 10.6. The summed E-state index contributed by atoms with van der Waals surface area (Å²) in [4.78, 5) is 69.6. The van der Waals surface area contributed by atoms with Crippen molar-refractivity contribution < 1.29 is 47.7 Å². The highest BCUT2D eigenvalue weighted by Crippen LogP contribution is 2.71. The number of amides is 1. The smallest absolute Gasteiger partial charge is 0.345 e. The highest BCUT2D eigenvalue weighted by molar-refractivity contribution is 8.26. The van der Waals surface area contributed by atoms with E-state index in [0.717, 1.165) is 35.3 Å². The molecule has 1 aromatic carbocycles. The molecule has 0 saturated carbocycles. The van der Waals surface area contributed by atoms with Gasteiger partial charge in [-0.25, -0.2) is 19.2 Å². The molecule has 1 spiro atoms. The number of benzene rings is 1. The standard InChI is InChI=1S/C31H35NO10S3/c1-10-15(3)25(33)32-18-13-12-16(42-11-2)14-17(18)19-24(30(32,4)5)43-21(27(35)39-7)20(26(34)38-6)31(19)44-22(28(36)40-8)23(45-31)29(37)41-9/h12-15H,10-11H2,1-9H3. The van der Waals surface area contributed by atoms with Crippen LogP contribution in [0.3, 0.4) is 0 Å². The number of nitrogens with zero attached hydrogens (tertiary/aromatic N) is 1. The molecule has 0 radical (unpaired) electrons. The number of rotatable bonds is 8. The van der Waals surface area contributed by atoms with Crippen LogP contribution < -0.4 is 9.64 Å². The quantitative estimate of drug-likeness (QED) is 0.269. The van der Waals surface area contributed by atoms with Gasteiger partial charge in [-0.2, -0.15) is 0 Å². The van der Waals surface area contributed by atoms with Crippen LogP contribution >= 0.6 is 35.3 Å². The minimum absolute atomic E-state index is 0.105. The largest absolute Gasteiger partial charge is 0.494 e. The fourth-order valence-corrected chi connectivity index (χ4v) is 10.4. The average Bonchev–Trinajstić information content (AvgIpc) is 3.42. The third-order valence-corrected chi connectivity index (χ3v) is 12.3. The van der Waals surface area contributed by atoms with Crippen molar-refractivity contribution in [2.24, 2.45) is 5.92 Å². The number of hydrogen-bond donors (Lipinski definition) is 0. The van der Waals surface area contributed by atoms with Crippen molar-refractivity contribution in [1.82, 2.24) is 0 Å². The molecule has 242 valence electrons. The molecule has 1 unspecified atom stereocenters. The lowest BCUT2D eigenvalue weighted by Gasteiger charge is -2.51. The summed E-state index contributed by atoms with van der Waals surface area (Å²) < 4.78 is 24.6. The Bertz CT molecular complexity index is 1550. The summed E-state index contributed by atoms with van der Waals surface area (Å²) in [6, 6.07) is 5.30. The summed E-state index contributed by atoms with van der Waals surface area (Å²) in [5, 5.41) is 0. The number of fused-ring (bicyclic) bond motifs is 3. The van der Waals surface area contributed by atoms with Crippen LogP contribution in [-0.2, 0) is 42.9 Å². The molecule has 11 nitrogen and oxygen atoms in total. The van der Waals surface area contributed by atoms with E-state index >= 15 is 0 Å². The van der Waals surface area contributed by atoms with E-state index in [9.17, 15) is 24.0 Å². The summed E-state index contributed by atoms with van der Waals surface area (Å²) >= 11 is 2.75. The molecule has 3 aliphatic rings. The molecule has 4 rings (SSSR count). The predicted octanol–water partition coefficient (Wildman–Crippen LogP) is 5.05. The van der Waals surface area contributed by atoms with Crippen LogP contribution in [0, 0.1) is 5.92 Å². The van der Waals surface area contributed by atoms with Crippen molar-refractivity contribution in [3.05, 3.63) is 49.0 Å². The van der Waals surface area contributed by atoms with E-state index in [0.29, 0.717) is 40.5 Å². The molecular formula is C31H35NO10S3. The molecule has 0 N–H and O–H groups in total. The zero-order valence-electron chi connectivity index (χ0n) is 26.5. The van der Waals surface area contributed by atoms with Gasteiger partial charge in [0, 0.05) is 22.0 Å². The fourth-order valence-electron chi connectivity index (χ4n) is 5.34. The number of methoxy groups -OCH3 is 4. The first-order valence-corrected chi connectivity index (χ1v) is 16.5. The summed E-state index contributed by atoms with van der Waals surface area (Å²) in [6.45, 7) is 9.66. The number of hydrogen-bond acceptors (Lipinski definition) is 13. The van der Waals surface area contributed by atoms with E-state index < -0.39 is 33.5 Å². The monoisotopic (exact) mass is 677 g/mol. The van der Waals surface area contributed by atoms with Gasteiger partial charge >= 0.3 is 23.9 Å². The fraction of sp³-hybridized carbons (Fsp3) is 0.452. The number of carbonyl (C=O) groups excluding carboxylic acids is 5. The van der Waals surface area contributed by atoms with Gasteiger partial charge in [0.05, 0.1) is 51.8 Å². The molecule has 14 heteroatoms. The minimum Gasteiger partial charge on any atom is -0.494 e. The van der Waals surface area contributed by atoms with Crippen LogP contribution in [0.4, 0.5) is 5.69 Å². The Hall–Kier alpha value is -3.36. The molecule has 1 atom stereocenters. The minimum atomic E-state index is -1.66. The zero-order chi connectivity index (χ0) is 33.4. The normalized spacial score (nSPS) is 18.6. The summed E-state index contributed by atoms with van der Waals surface area (Å²) in [6.07, 6.45) is 0.584. The molecule has 1 aromatic rings. The van der Waals surface area contributed by atoms with E-state index in [1.54, 1.807) is 23.1 Å². The first-order valence-electron chi connectivity index (χ1n) is 14.0. The number of ether oxygens (including phenoxy) is 5. The van der Waals surface area contributed by atoms with Crippen LogP contribution in [0.2, 0.25) is 0 Å². The van der Waals surface area contributed by atoms with Crippen molar-refractivity contribution >= 4 is 76.3 Å². The first-order chi connectivity index (χ1) is 21.3. The maximum absolute atomic E-state index is 14.1. The Morgan fingerprint density at radius 1 is 0.822 bits per heavy atom. The van der Waals surface area contributed by atoms with Gasteiger partial charge in [0.15, 0.2) is 0 Å². The Morgan fingerprint density at radius 3 is 1.84 bits per heavy atom. The molecule has 0 saturated heterocycles. The van der Waals surface area contributed by atoms with E-state index in [-0.39, 0.29) is 32.1 Å². The molecule has 1 amide bonds. The Kier molecular flexibility index (Phi) is 10.1. The van der Waals surface area contributed by atoms with Crippen LogP contribution in [0.15, 0.2) is 43.4 Å². The number of anilines is 1. The van der Waals surface area contributed by atoms with Crippen LogP contribution in [0.5, 0.6) is 5.75 Å². The molecule has 0 fully saturated rings. The maximum atomic E-state index is 14.1. The van der Waals surface area contributed by atoms with Gasteiger partial charge in [-0.15, -0.1) is 0 Å². The highest BCUT2D eigenvalue weighted by atomic mass is 32.2. The SMILES string of the molecule is CCOc1ccc2c(c1)C1=C(SC(C(=O)OC)=C(C(=O)OC)C13SC(C(=O)OC)=C(C(=O)OC)S3)C(C)(C)N2C(=O)C(C)CC. The molecule has 0 aliphatic carbocycles. The summed E-state index contributed by atoms with van der Waals surface area (Å²) in [5.74, 6) is -3.37. The van der Waals surface area contributed by atoms with E-state index in [1.165, 1.54) is 28.4 Å². The van der Waals surface area contributed by atoms with Gasteiger partial charge in [-0.05, 0) is 45.4 Å². The molecule has 45 heavy (non-hydrogen) atoms. The number of thioether (sulfide) groups is 3. The molecular weight excluding hydrogens is 643 g/mol. The third kappa shape index (κ3) is 5.54. The van der Waals surface area contributed by atoms with E-state index in [2.05, 4.69) is 0 Å². The maximum Gasteiger partial charge on any atom is 0.345 e. The zero-order valence-corrected chi connectivity index (χ0v) is 28.9. The topological polar surface area (TPSA) is 135 Å². The van der Waals surface area contributed by atoms with Gasteiger partial charge in [0.25, 0.3) is 0 Å². The van der Waals surface area contributed by atoms with Crippen molar-refractivity contribution in [3.63, 3.8) is 0 Å². The molecule has 0 aromatic heterocycles. The second-order valence-corrected chi connectivity index (χ2v) is 14.3. The van der Waals surface area contributed by atoms with Crippen LogP contribution in [-0.4, -0.2) is 74.4 Å². The summed E-state index contributed by atoms with van der Waals surface area (Å²) in [5.41, 5.74) is 0.312. The van der Waals surface area contributed by atoms with Crippen molar-refractivity contribution in [3.8, 4) is 5.75 Å².